The second-order valence-electron chi connectivity index (χ2n) is 4.81. The second kappa shape index (κ2) is 6.48. The monoisotopic (exact) mass is 261 g/mol. The van der Waals surface area contributed by atoms with Crippen LogP contribution in [0.15, 0.2) is 30.3 Å². The molecule has 4 heteroatoms. The first-order valence-corrected chi connectivity index (χ1v) is 6.61. The van der Waals surface area contributed by atoms with Crippen LogP contribution in [0.5, 0.6) is 0 Å². The van der Waals surface area contributed by atoms with Crippen molar-refractivity contribution in [1.29, 1.82) is 0 Å². The molecule has 0 radical (unpaired) electrons. The van der Waals surface area contributed by atoms with Gasteiger partial charge in [-0.15, -0.1) is 0 Å². The molecule has 1 aromatic carbocycles. The van der Waals surface area contributed by atoms with Crippen LogP contribution in [-0.2, 0) is 13.1 Å². The van der Waals surface area contributed by atoms with Gasteiger partial charge in [-0.3, -0.25) is 4.68 Å². The maximum absolute atomic E-state index is 13.0. The molecular weight excluding hydrogens is 241 g/mol. The molecule has 0 aliphatic carbocycles. The smallest absolute Gasteiger partial charge is 0.123 e. The lowest BCUT2D eigenvalue weighted by Gasteiger charge is -2.06. The van der Waals surface area contributed by atoms with Crippen LogP contribution in [0, 0.1) is 19.7 Å². The summed E-state index contributed by atoms with van der Waals surface area (Å²) in [5, 5.41) is 7.73. The first-order valence-electron chi connectivity index (χ1n) is 6.61. The quantitative estimate of drug-likeness (QED) is 0.810. The minimum Gasteiger partial charge on any atom is -0.313 e. The number of nitrogens with one attached hydrogen (secondary N) is 1. The third kappa shape index (κ3) is 4.17. The molecule has 0 bridgehead atoms. The van der Waals surface area contributed by atoms with E-state index >= 15 is 0 Å². The molecule has 0 atom stereocenters. The number of halogens is 1. The Morgan fingerprint density at radius 2 is 2.11 bits per heavy atom. The van der Waals surface area contributed by atoms with E-state index < -0.39 is 0 Å². The standard InChI is InChI=1S/C15H20FN3/c1-12-9-13(2)19(18-12)8-4-7-17-11-14-5-3-6-15(16)10-14/h3,5-6,9-10,17H,4,7-8,11H2,1-2H3. The third-order valence-electron chi connectivity index (χ3n) is 3.04. The molecule has 0 aliphatic heterocycles. The maximum atomic E-state index is 13.0. The van der Waals surface area contributed by atoms with Gasteiger partial charge in [0, 0.05) is 18.8 Å². The van der Waals surface area contributed by atoms with Crippen LogP contribution in [-0.4, -0.2) is 16.3 Å². The van der Waals surface area contributed by atoms with Crippen molar-refractivity contribution in [2.24, 2.45) is 0 Å². The number of aromatic nitrogens is 2. The van der Waals surface area contributed by atoms with Gasteiger partial charge in [-0.1, -0.05) is 12.1 Å². The molecule has 2 rings (SSSR count). The summed E-state index contributed by atoms with van der Waals surface area (Å²) in [5.74, 6) is -0.179. The van der Waals surface area contributed by atoms with E-state index in [1.54, 1.807) is 12.1 Å². The second-order valence-corrected chi connectivity index (χ2v) is 4.81. The third-order valence-corrected chi connectivity index (χ3v) is 3.04. The molecule has 0 saturated heterocycles. The zero-order valence-electron chi connectivity index (χ0n) is 11.5. The summed E-state index contributed by atoms with van der Waals surface area (Å²) in [6.45, 7) is 6.59. The average Bonchev–Trinajstić information content (AvgIpc) is 2.68. The molecule has 0 spiro atoms. The van der Waals surface area contributed by atoms with E-state index in [9.17, 15) is 4.39 Å². The Morgan fingerprint density at radius 1 is 1.26 bits per heavy atom. The molecule has 0 fully saturated rings. The number of aryl methyl sites for hydroxylation is 3. The molecule has 1 heterocycles. The molecule has 1 aromatic heterocycles. The van der Waals surface area contributed by atoms with E-state index in [-0.39, 0.29) is 5.82 Å². The number of rotatable bonds is 6. The topological polar surface area (TPSA) is 29.9 Å². The Bertz CT molecular complexity index is 534. The van der Waals surface area contributed by atoms with Gasteiger partial charge in [-0.05, 0) is 50.6 Å². The molecule has 1 N–H and O–H groups in total. The molecule has 19 heavy (non-hydrogen) atoms. The zero-order valence-corrected chi connectivity index (χ0v) is 11.5. The van der Waals surface area contributed by atoms with Crippen LogP contribution in [0.4, 0.5) is 4.39 Å². The molecule has 2 aromatic rings. The van der Waals surface area contributed by atoms with Gasteiger partial charge in [0.1, 0.15) is 5.82 Å². The summed E-state index contributed by atoms with van der Waals surface area (Å²) in [4.78, 5) is 0. The van der Waals surface area contributed by atoms with Crippen molar-refractivity contribution in [2.75, 3.05) is 6.54 Å². The highest BCUT2D eigenvalue weighted by molar-refractivity contribution is 5.15. The molecule has 0 aliphatic rings. The first kappa shape index (κ1) is 13.7. The van der Waals surface area contributed by atoms with Crippen molar-refractivity contribution in [1.82, 2.24) is 15.1 Å². The summed E-state index contributed by atoms with van der Waals surface area (Å²) in [6.07, 6.45) is 1.01. The predicted octanol–water partition coefficient (Wildman–Crippen LogP) is 2.82. The van der Waals surface area contributed by atoms with E-state index in [0.717, 1.165) is 30.8 Å². The van der Waals surface area contributed by atoms with Gasteiger partial charge in [0.25, 0.3) is 0 Å². The Labute approximate surface area is 113 Å². The van der Waals surface area contributed by atoms with Crippen molar-refractivity contribution in [3.8, 4) is 0 Å². The van der Waals surface area contributed by atoms with Crippen LogP contribution in [0.25, 0.3) is 0 Å². The lowest BCUT2D eigenvalue weighted by Crippen LogP contribution is -2.17. The number of hydrogen-bond donors (Lipinski definition) is 1. The van der Waals surface area contributed by atoms with Gasteiger partial charge in [0.2, 0.25) is 0 Å². The van der Waals surface area contributed by atoms with Crippen molar-refractivity contribution in [2.45, 2.75) is 33.4 Å². The summed E-state index contributed by atoms with van der Waals surface area (Å²) in [6, 6.07) is 8.78. The maximum Gasteiger partial charge on any atom is 0.123 e. The first-order chi connectivity index (χ1) is 9.15. The van der Waals surface area contributed by atoms with Crippen LogP contribution in [0.2, 0.25) is 0 Å². The highest BCUT2D eigenvalue weighted by atomic mass is 19.1. The molecule has 102 valence electrons. The minimum absolute atomic E-state index is 0.179. The summed E-state index contributed by atoms with van der Waals surface area (Å²) in [7, 11) is 0. The highest BCUT2D eigenvalue weighted by Crippen LogP contribution is 2.04. The SMILES string of the molecule is Cc1cc(C)n(CCCNCc2cccc(F)c2)n1. The van der Waals surface area contributed by atoms with Crippen molar-refractivity contribution < 1.29 is 4.39 Å². The van der Waals surface area contributed by atoms with Gasteiger partial charge >= 0.3 is 0 Å². The largest absolute Gasteiger partial charge is 0.313 e. The number of nitrogens with zero attached hydrogens (tertiary/aromatic N) is 2. The fourth-order valence-electron chi connectivity index (χ4n) is 2.13. The van der Waals surface area contributed by atoms with Gasteiger partial charge < -0.3 is 5.32 Å². The van der Waals surface area contributed by atoms with Crippen molar-refractivity contribution in [3.05, 3.63) is 53.1 Å². The van der Waals surface area contributed by atoms with Crippen LogP contribution < -0.4 is 5.32 Å². The van der Waals surface area contributed by atoms with E-state index in [4.69, 9.17) is 0 Å². The lowest BCUT2D eigenvalue weighted by atomic mass is 10.2. The van der Waals surface area contributed by atoms with Crippen LogP contribution >= 0.6 is 0 Å². The summed E-state index contributed by atoms with van der Waals surface area (Å²) in [5.41, 5.74) is 3.24. The molecule has 0 unspecified atom stereocenters. The summed E-state index contributed by atoms with van der Waals surface area (Å²) < 4.78 is 15.0. The van der Waals surface area contributed by atoms with Gasteiger partial charge in [0.15, 0.2) is 0 Å². The normalized spacial score (nSPS) is 10.9. The molecule has 3 nitrogen and oxygen atoms in total. The van der Waals surface area contributed by atoms with Crippen molar-refractivity contribution >= 4 is 0 Å². The lowest BCUT2D eigenvalue weighted by molar-refractivity contribution is 0.531. The highest BCUT2D eigenvalue weighted by Gasteiger charge is 2.00. The summed E-state index contributed by atoms with van der Waals surface area (Å²) >= 11 is 0. The zero-order chi connectivity index (χ0) is 13.7. The van der Waals surface area contributed by atoms with Crippen LogP contribution in [0.1, 0.15) is 23.4 Å². The number of benzene rings is 1. The minimum atomic E-state index is -0.179. The molecule has 0 saturated carbocycles. The fraction of sp³-hybridized carbons (Fsp3) is 0.400. The van der Waals surface area contributed by atoms with Gasteiger partial charge in [-0.2, -0.15) is 5.10 Å². The fourth-order valence-corrected chi connectivity index (χ4v) is 2.13. The Hall–Kier alpha value is -1.68. The molecular formula is C15H20FN3. The molecule has 0 amide bonds. The van der Waals surface area contributed by atoms with E-state index in [1.165, 1.54) is 11.8 Å². The van der Waals surface area contributed by atoms with E-state index in [0.29, 0.717) is 6.54 Å². The Balaban J connectivity index is 1.69. The van der Waals surface area contributed by atoms with Crippen LogP contribution in [0.3, 0.4) is 0 Å². The Morgan fingerprint density at radius 3 is 2.79 bits per heavy atom. The average molecular weight is 261 g/mol. The number of hydrogen-bond acceptors (Lipinski definition) is 2. The van der Waals surface area contributed by atoms with Gasteiger partial charge in [0.05, 0.1) is 5.69 Å². The predicted molar refractivity (Wildman–Crippen MR) is 74.4 cm³/mol. The van der Waals surface area contributed by atoms with Gasteiger partial charge in [-0.25, -0.2) is 4.39 Å². The van der Waals surface area contributed by atoms with Crippen molar-refractivity contribution in [3.63, 3.8) is 0 Å². The Kier molecular flexibility index (Phi) is 4.68. The van der Waals surface area contributed by atoms with E-state index in [2.05, 4.69) is 23.4 Å². The van der Waals surface area contributed by atoms with E-state index in [1.807, 2.05) is 17.7 Å².